The van der Waals surface area contributed by atoms with E-state index in [9.17, 15) is 9.18 Å². The molecular formula is C20H24FN3OS. The second-order valence-electron chi connectivity index (χ2n) is 7.12. The van der Waals surface area contributed by atoms with Crippen molar-refractivity contribution >= 4 is 22.9 Å². The summed E-state index contributed by atoms with van der Waals surface area (Å²) >= 11 is 1.68. The van der Waals surface area contributed by atoms with Crippen LogP contribution in [0.4, 0.5) is 10.1 Å². The Kier molecular flexibility index (Phi) is 4.96. The lowest BCUT2D eigenvalue weighted by atomic mass is 10.0. The highest BCUT2D eigenvalue weighted by Gasteiger charge is 2.51. The van der Waals surface area contributed by atoms with Crippen LogP contribution in [-0.2, 0) is 10.2 Å². The summed E-state index contributed by atoms with van der Waals surface area (Å²) in [6, 6.07) is 10.8. The fraction of sp³-hybridized carbons (Fsp3) is 0.450. The summed E-state index contributed by atoms with van der Waals surface area (Å²) in [5, 5.41) is 5.19. The van der Waals surface area contributed by atoms with E-state index < -0.39 is 0 Å². The minimum atomic E-state index is -0.241. The number of thiophene rings is 1. The quantitative estimate of drug-likeness (QED) is 0.846. The number of hydrogen-bond acceptors (Lipinski definition) is 4. The monoisotopic (exact) mass is 373 g/mol. The van der Waals surface area contributed by atoms with Crippen molar-refractivity contribution in [2.24, 2.45) is 0 Å². The molecule has 4 rings (SSSR count). The molecule has 138 valence electrons. The van der Waals surface area contributed by atoms with E-state index in [1.54, 1.807) is 11.3 Å². The van der Waals surface area contributed by atoms with Crippen LogP contribution in [0.1, 0.15) is 17.7 Å². The molecule has 2 aromatic rings. The maximum Gasteiger partial charge on any atom is 0.231 e. The summed E-state index contributed by atoms with van der Waals surface area (Å²) in [7, 11) is 0. The summed E-state index contributed by atoms with van der Waals surface area (Å²) in [5.74, 6) is -0.0102. The average molecular weight is 373 g/mol. The maximum absolute atomic E-state index is 13.0. The first-order chi connectivity index (χ1) is 12.7. The molecule has 0 atom stereocenters. The Bertz CT molecular complexity index is 735. The first-order valence-corrected chi connectivity index (χ1v) is 10.1. The topological polar surface area (TPSA) is 35.6 Å². The molecule has 0 radical (unpaired) electrons. The molecule has 1 N–H and O–H groups in total. The number of hydrogen-bond donors (Lipinski definition) is 1. The molecule has 1 saturated carbocycles. The highest BCUT2D eigenvalue weighted by Crippen LogP contribution is 2.50. The van der Waals surface area contributed by atoms with Gasteiger partial charge in [-0.3, -0.25) is 9.69 Å². The van der Waals surface area contributed by atoms with Crippen LogP contribution in [0.15, 0.2) is 41.8 Å². The van der Waals surface area contributed by atoms with Gasteiger partial charge in [0.1, 0.15) is 5.82 Å². The minimum Gasteiger partial charge on any atom is -0.369 e. The van der Waals surface area contributed by atoms with Crippen molar-refractivity contribution in [2.45, 2.75) is 18.3 Å². The lowest BCUT2D eigenvalue weighted by Crippen LogP contribution is -2.49. The van der Waals surface area contributed by atoms with E-state index in [4.69, 9.17) is 0 Å². The van der Waals surface area contributed by atoms with E-state index in [0.717, 1.165) is 51.3 Å². The molecular weight excluding hydrogens is 349 g/mol. The first-order valence-electron chi connectivity index (χ1n) is 9.23. The van der Waals surface area contributed by atoms with E-state index in [2.05, 4.69) is 21.2 Å². The third kappa shape index (κ3) is 3.62. The van der Waals surface area contributed by atoms with Gasteiger partial charge >= 0.3 is 0 Å². The van der Waals surface area contributed by atoms with Gasteiger partial charge in [-0.25, -0.2) is 4.39 Å². The molecule has 0 bridgehead atoms. The van der Waals surface area contributed by atoms with E-state index in [1.807, 2.05) is 23.6 Å². The number of halogens is 1. The number of rotatable bonds is 6. The molecule has 1 aliphatic carbocycles. The predicted octanol–water partition coefficient (Wildman–Crippen LogP) is 2.86. The van der Waals surface area contributed by atoms with Crippen molar-refractivity contribution in [3.63, 3.8) is 0 Å². The number of piperazine rings is 1. The molecule has 2 heterocycles. The standard InChI is InChI=1S/C20H24FN3OS/c21-16-3-5-17(6-4-16)24-13-11-23(12-14-24)10-9-22-19(25)20(7-8-20)18-2-1-15-26-18/h1-6,15H,7-14H2,(H,22,25). The van der Waals surface area contributed by atoms with Gasteiger partial charge in [0.05, 0.1) is 5.41 Å². The van der Waals surface area contributed by atoms with Crippen LogP contribution in [0.2, 0.25) is 0 Å². The number of anilines is 1. The van der Waals surface area contributed by atoms with E-state index in [0.29, 0.717) is 6.54 Å². The van der Waals surface area contributed by atoms with E-state index in [1.165, 1.54) is 17.0 Å². The molecule has 1 aliphatic heterocycles. The number of carbonyl (C=O) groups is 1. The van der Waals surface area contributed by atoms with Crippen molar-refractivity contribution in [3.05, 3.63) is 52.5 Å². The lowest BCUT2D eigenvalue weighted by Gasteiger charge is -2.36. The van der Waals surface area contributed by atoms with Gasteiger partial charge in [0.2, 0.25) is 5.91 Å². The zero-order chi connectivity index (χ0) is 18.0. The molecule has 1 saturated heterocycles. The smallest absolute Gasteiger partial charge is 0.231 e. The van der Waals surface area contributed by atoms with Crippen LogP contribution in [0.25, 0.3) is 0 Å². The average Bonchev–Trinajstić information content (AvgIpc) is 3.29. The fourth-order valence-corrected chi connectivity index (χ4v) is 4.62. The number of nitrogens with zero attached hydrogens (tertiary/aromatic N) is 2. The fourth-order valence-electron chi connectivity index (χ4n) is 3.64. The Morgan fingerprint density at radius 2 is 1.85 bits per heavy atom. The normalized spacial score (nSPS) is 19.3. The Morgan fingerprint density at radius 1 is 1.12 bits per heavy atom. The van der Waals surface area contributed by atoms with Crippen LogP contribution in [0.3, 0.4) is 0 Å². The number of nitrogens with one attached hydrogen (secondary N) is 1. The Morgan fingerprint density at radius 3 is 2.46 bits per heavy atom. The van der Waals surface area contributed by atoms with Crippen LogP contribution >= 0.6 is 11.3 Å². The maximum atomic E-state index is 13.0. The van der Waals surface area contributed by atoms with Crippen LogP contribution in [-0.4, -0.2) is 50.1 Å². The SMILES string of the molecule is O=C(NCCN1CCN(c2ccc(F)cc2)CC1)C1(c2cccs2)CC1. The lowest BCUT2D eigenvalue weighted by molar-refractivity contribution is -0.123. The highest BCUT2D eigenvalue weighted by molar-refractivity contribution is 7.10. The summed E-state index contributed by atoms with van der Waals surface area (Å²) < 4.78 is 13.0. The molecule has 6 heteroatoms. The molecule has 0 unspecified atom stereocenters. The molecule has 1 amide bonds. The highest BCUT2D eigenvalue weighted by atomic mass is 32.1. The van der Waals surface area contributed by atoms with Crippen molar-refractivity contribution < 1.29 is 9.18 Å². The molecule has 2 fully saturated rings. The Balaban J connectivity index is 1.21. The minimum absolute atomic E-state index is 0.185. The molecule has 26 heavy (non-hydrogen) atoms. The van der Waals surface area contributed by atoms with Crippen LogP contribution < -0.4 is 10.2 Å². The summed E-state index contributed by atoms with van der Waals surface area (Å²) in [6.45, 7) is 5.36. The summed E-state index contributed by atoms with van der Waals surface area (Å²) in [4.78, 5) is 18.4. The molecule has 2 aliphatic rings. The van der Waals surface area contributed by atoms with E-state index in [-0.39, 0.29) is 17.1 Å². The van der Waals surface area contributed by atoms with Crippen LogP contribution in [0.5, 0.6) is 0 Å². The predicted molar refractivity (Wildman–Crippen MR) is 103 cm³/mol. The largest absolute Gasteiger partial charge is 0.369 e. The van der Waals surface area contributed by atoms with Crippen molar-refractivity contribution in [1.82, 2.24) is 10.2 Å². The van der Waals surface area contributed by atoms with Gasteiger partial charge in [-0.05, 0) is 48.6 Å². The van der Waals surface area contributed by atoms with Gasteiger partial charge < -0.3 is 10.2 Å². The Hall–Kier alpha value is -1.92. The van der Waals surface area contributed by atoms with Gasteiger partial charge in [0.15, 0.2) is 0 Å². The van der Waals surface area contributed by atoms with Crippen molar-refractivity contribution in [2.75, 3.05) is 44.2 Å². The van der Waals surface area contributed by atoms with Gasteiger partial charge in [0, 0.05) is 49.8 Å². The first kappa shape index (κ1) is 17.5. The third-order valence-corrected chi connectivity index (χ3v) is 6.53. The van der Waals surface area contributed by atoms with Crippen molar-refractivity contribution in [1.29, 1.82) is 0 Å². The van der Waals surface area contributed by atoms with Gasteiger partial charge in [-0.2, -0.15) is 0 Å². The number of carbonyl (C=O) groups excluding carboxylic acids is 1. The van der Waals surface area contributed by atoms with Gasteiger partial charge in [-0.1, -0.05) is 6.07 Å². The second kappa shape index (κ2) is 7.37. The van der Waals surface area contributed by atoms with Crippen molar-refractivity contribution in [3.8, 4) is 0 Å². The number of amides is 1. The Labute approximate surface area is 157 Å². The molecule has 0 spiro atoms. The van der Waals surface area contributed by atoms with Gasteiger partial charge in [0.25, 0.3) is 0 Å². The summed E-state index contributed by atoms with van der Waals surface area (Å²) in [6.07, 6.45) is 1.94. The van der Waals surface area contributed by atoms with Crippen LogP contribution in [0, 0.1) is 5.82 Å². The summed E-state index contributed by atoms with van der Waals surface area (Å²) in [5.41, 5.74) is 0.834. The zero-order valence-corrected chi connectivity index (χ0v) is 15.6. The molecule has 4 nitrogen and oxygen atoms in total. The zero-order valence-electron chi connectivity index (χ0n) is 14.8. The molecule has 1 aromatic carbocycles. The van der Waals surface area contributed by atoms with E-state index >= 15 is 0 Å². The van der Waals surface area contributed by atoms with Gasteiger partial charge in [-0.15, -0.1) is 11.3 Å². The molecule has 1 aromatic heterocycles. The number of benzene rings is 1. The third-order valence-electron chi connectivity index (χ3n) is 5.46. The second-order valence-corrected chi connectivity index (χ2v) is 8.07.